The average Bonchev–Trinajstić information content (AvgIpc) is 2.83. The molecule has 0 bridgehead atoms. The summed E-state index contributed by atoms with van der Waals surface area (Å²) in [6, 6.07) is 4.00. The lowest BCUT2D eigenvalue weighted by Gasteiger charge is -2.15. The maximum absolute atomic E-state index is 5.93. The Morgan fingerprint density at radius 1 is 1.25 bits per heavy atom. The molecule has 0 aromatic carbocycles. The minimum Gasteiger partial charge on any atom is -0.369 e. The molecule has 4 nitrogen and oxygen atoms in total. The number of nitrogens with zero attached hydrogens (tertiary/aromatic N) is 3. The van der Waals surface area contributed by atoms with Gasteiger partial charge >= 0.3 is 0 Å². The lowest BCUT2D eigenvalue weighted by atomic mass is 10.3. The Hall–Kier alpha value is -1.17. The van der Waals surface area contributed by atoms with Crippen molar-refractivity contribution in [3.8, 4) is 0 Å². The number of rotatable bonds is 7. The van der Waals surface area contributed by atoms with Crippen LogP contribution in [0.4, 0.5) is 5.82 Å². The van der Waals surface area contributed by atoms with E-state index in [2.05, 4.69) is 40.2 Å². The maximum atomic E-state index is 5.93. The summed E-state index contributed by atoms with van der Waals surface area (Å²) in [6.07, 6.45) is 4.70. The monoisotopic (exact) mass is 310 g/mol. The smallest absolute Gasteiger partial charge is 0.144 e. The predicted molar refractivity (Wildman–Crippen MR) is 85.3 cm³/mol. The lowest BCUT2D eigenvalue weighted by molar-refractivity contribution is 0.317. The number of hydrogen-bond donors (Lipinski definition) is 1. The Morgan fingerprint density at radius 2 is 2.10 bits per heavy atom. The second kappa shape index (κ2) is 7.57. The van der Waals surface area contributed by atoms with Gasteiger partial charge in [0, 0.05) is 24.5 Å². The first-order chi connectivity index (χ1) is 9.67. The highest BCUT2D eigenvalue weighted by Crippen LogP contribution is 2.22. The number of nitrogens with one attached hydrogen (secondary N) is 1. The van der Waals surface area contributed by atoms with Gasteiger partial charge in [0.1, 0.15) is 5.82 Å². The molecular formula is C14H19ClN4S. The van der Waals surface area contributed by atoms with Gasteiger partial charge in [-0.15, -0.1) is 11.3 Å². The van der Waals surface area contributed by atoms with E-state index in [1.807, 2.05) is 12.3 Å². The second-order valence-electron chi connectivity index (χ2n) is 4.70. The molecule has 0 aliphatic heterocycles. The fraction of sp³-hybridized carbons (Fsp3) is 0.429. The second-order valence-corrected chi connectivity index (χ2v) is 6.50. The van der Waals surface area contributed by atoms with Gasteiger partial charge in [0.15, 0.2) is 0 Å². The quantitative estimate of drug-likeness (QED) is 0.847. The molecule has 6 heteroatoms. The standard InChI is InChI=1S/C14H19ClN4S/c1-3-6-16-14-8-17-11(7-18-14)9-19(2)10-12-4-5-13(15)20-12/h4-5,7-8H,3,6,9-10H2,1-2H3,(H,16,18). The first kappa shape index (κ1) is 15.2. The summed E-state index contributed by atoms with van der Waals surface area (Å²) in [6.45, 7) is 4.69. The first-order valence-electron chi connectivity index (χ1n) is 6.65. The van der Waals surface area contributed by atoms with Crippen molar-refractivity contribution in [2.75, 3.05) is 18.9 Å². The Labute approximate surface area is 128 Å². The lowest BCUT2D eigenvalue weighted by Crippen LogP contribution is -2.17. The largest absolute Gasteiger partial charge is 0.369 e. The molecule has 0 atom stereocenters. The highest BCUT2D eigenvalue weighted by atomic mass is 35.5. The highest BCUT2D eigenvalue weighted by molar-refractivity contribution is 7.16. The predicted octanol–water partition coefficient (Wildman–Crippen LogP) is 3.65. The molecule has 2 aromatic heterocycles. The van der Waals surface area contributed by atoms with E-state index in [4.69, 9.17) is 11.6 Å². The van der Waals surface area contributed by atoms with E-state index in [1.165, 1.54) is 4.88 Å². The van der Waals surface area contributed by atoms with Gasteiger partial charge in [-0.3, -0.25) is 9.88 Å². The average molecular weight is 311 g/mol. The SMILES string of the molecule is CCCNc1cnc(CN(C)Cc2ccc(Cl)s2)cn1. The molecule has 2 heterocycles. The van der Waals surface area contributed by atoms with Crippen LogP contribution in [0.3, 0.4) is 0 Å². The van der Waals surface area contributed by atoms with E-state index in [1.54, 1.807) is 17.5 Å². The van der Waals surface area contributed by atoms with Crippen LogP contribution >= 0.6 is 22.9 Å². The number of aromatic nitrogens is 2. The topological polar surface area (TPSA) is 41.1 Å². The number of halogens is 1. The molecule has 1 N–H and O–H groups in total. The van der Waals surface area contributed by atoms with Gasteiger partial charge in [-0.2, -0.15) is 0 Å². The van der Waals surface area contributed by atoms with E-state index in [-0.39, 0.29) is 0 Å². The van der Waals surface area contributed by atoms with Gasteiger partial charge in [0.2, 0.25) is 0 Å². The molecule has 0 aliphatic rings. The molecule has 0 fully saturated rings. The molecule has 0 radical (unpaired) electrons. The van der Waals surface area contributed by atoms with Crippen LogP contribution in [0.15, 0.2) is 24.5 Å². The summed E-state index contributed by atoms with van der Waals surface area (Å²) in [4.78, 5) is 12.2. The number of thiophene rings is 1. The van der Waals surface area contributed by atoms with E-state index in [9.17, 15) is 0 Å². The van der Waals surface area contributed by atoms with Crippen LogP contribution in [-0.4, -0.2) is 28.5 Å². The van der Waals surface area contributed by atoms with E-state index in [0.29, 0.717) is 0 Å². The Kier molecular flexibility index (Phi) is 5.76. The van der Waals surface area contributed by atoms with Gasteiger partial charge in [0.05, 0.1) is 22.4 Å². The van der Waals surface area contributed by atoms with Crippen LogP contribution in [0.1, 0.15) is 23.9 Å². The van der Waals surface area contributed by atoms with Crippen molar-refractivity contribution < 1.29 is 0 Å². The Bertz CT molecular complexity index is 526. The maximum Gasteiger partial charge on any atom is 0.144 e. The summed E-state index contributed by atoms with van der Waals surface area (Å²) >= 11 is 7.55. The molecule has 0 saturated heterocycles. The zero-order valence-electron chi connectivity index (χ0n) is 11.8. The van der Waals surface area contributed by atoms with Crippen molar-refractivity contribution in [2.24, 2.45) is 0 Å². The van der Waals surface area contributed by atoms with Gasteiger partial charge in [-0.05, 0) is 25.6 Å². The van der Waals surface area contributed by atoms with E-state index in [0.717, 1.165) is 41.9 Å². The minimum atomic E-state index is 0.774. The normalized spacial score (nSPS) is 11.0. The van der Waals surface area contributed by atoms with Crippen molar-refractivity contribution in [2.45, 2.75) is 26.4 Å². The Balaban J connectivity index is 1.85. The van der Waals surface area contributed by atoms with Gasteiger partial charge in [-0.1, -0.05) is 18.5 Å². The summed E-state index contributed by atoms with van der Waals surface area (Å²) in [5, 5.41) is 3.22. The van der Waals surface area contributed by atoms with Crippen LogP contribution in [0, 0.1) is 0 Å². The summed E-state index contributed by atoms with van der Waals surface area (Å²) in [7, 11) is 2.07. The van der Waals surface area contributed by atoms with E-state index < -0.39 is 0 Å². The van der Waals surface area contributed by atoms with Crippen molar-refractivity contribution >= 4 is 28.8 Å². The minimum absolute atomic E-state index is 0.774. The van der Waals surface area contributed by atoms with Crippen LogP contribution in [0.25, 0.3) is 0 Å². The molecular weight excluding hydrogens is 292 g/mol. The summed E-state index contributed by atoms with van der Waals surface area (Å²) < 4.78 is 0.833. The molecule has 0 saturated carbocycles. The first-order valence-corrected chi connectivity index (χ1v) is 7.84. The van der Waals surface area contributed by atoms with Crippen molar-refractivity contribution in [3.63, 3.8) is 0 Å². The van der Waals surface area contributed by atoms with Gasteiger partial charge in [-0.25, -0.2) is 4.98 Å². The molecule has 108 valence electrons. The Morgan fingerprint density at radius 3 is 2.70 bits per heavy atom. The third-order valence-electron chi connectivity index (χ3n) is 2.75. The fourth-order valence-electron chi connectivity index (χ4n) is 1.82. The number of anilines is 1. The molecule has 0 amide bonds. The van der Waals surface area contributed by atoms with Crippen LogP contribution < -0.4 is 5.32 Å². The number of hydrogen-bond acceptors (Lipinski definition) is 5. The van der Waals surface area contributed by atoms with Crippen LogP contribution in [0.2, 0.25) is 4.34 Å². The molecule has 2 rings (SSSR count). The molecule has 0 aliphatic carbocycles. The van der Waals surface area contributed by atoms with Crippen LogP contribution in [0.5, 0.6) is 0 Å². The molecule has 20 heavy (non-hydrogen) atoms. The molecule has 2 aromatic rings. The van der Waals surface area contributed by atoms with E-state index >= 15 is 0 Å². The molecule has 0 spiro atoms. The zero-order valence-corrected chi connectivity index (χ0v) is 13.3. The third kappa shape index (κ3) is 4.74. The van der Waals surface area contributed by atoms with Crippen molar-refractivity contribution in [3.05, 3.63) is 39.4 Å². The highest BCUT2D eigenvalue weighted by Gasteiger charge is 2.05. The van der Waals surface area contributed by atoms with Gasteiger partial charge in [0.25, 0.3) is 0 Å². The van der Waals surface area contributed by atoms with Crippen LogP contribution in [-0.2, 0) is 13.1 Å². The zero-order chi connectivity index (χ0) is 14.4. The van der Waals surface area contributed by atoms with Gasteiger partial charge < -0.3 is 5.32 Å². The third-order valence-corrected chi connectivity index (χ3v) is 3.96. The van der Waals surface area contributed by atoms with Crippen molar-refractivity contribution in [1.82, 2.24) is 14.9 Å². The summed E-state index contributed by atoms with van der Waals surface area (Å²) in [5.74, 6) is 0.836. The fourth-order valence-corrected chi connectivity index (χ4v) is 2.98. The van der Waals surface area contributed by atoms with Crippen molar-refractivity contribution in [1.29, 1.82) is 0 Å². The molecule has 0 unspecified atom stereocenters. The summed E-state index contributed by atoms with van der Waals surface area (Å²) in [5.41, 5.74) is 0.970.